The van der Waals surface area contributed by atoms with Crippen molar-refractivity contribution in [3.63, 3.8) is 0 Å². The molecule has 67 heavy (non-hydrogen) atoms. The van der Waals surface area contributed by atoms with Gasteiger partial charge in [-0.05, 0) is 72.6 Å². The van der Waals surface area contributed by atoms with Gasteiger partial charge in [-0.2, -0.15) is 0 Å². The molecule has 6 nitrogen and oxygen atoms in total. The molecule has 0 atom stereocenters. The van der Waals surface area contributed by atoms with Gasteiger partial charge in [0.05, 0.1) is 32.3 Å². The molecule has 0 saturated heterocycles. The van der Waals surface area contributed by atoms with E-state index in [4.69, 9.17) is 10.4 Å². The van der Waals surface area contributed by atoms with Crippen LogP contribution in [0, 0.1) is 12.3 Å². The first kappa shape index (κ1) is 41.3. The molecule has 0 amide bonds. The summed E-state index contributed by atoms with van der Waals surface area (Å²) in [5, 5.41) is 14.1. The van der Waals surface area contributed by atoms with Crippen molar-refractivity contribution in [3.05, 3.63) is 235 Å². The topological polar surface area (TPSA) is 62.2 Å². The lowest BCUT2D eigenvalue weighted by Gasteiger charge is -2.16. The van der Waals surface area contributed by atoms with Crippen molar-refractivity contribution in [2.24, 2.45) is 4.99 Å². The molecule has 1 N–H and O–H groups in total. The minimum atomic E-state index is 0.271. The Morgan fingerprint density at radius 3 is 1.84 bits per heavy atom. The van der Waals surface area contributed by atoms with Crippen LogP contribution in [0.5, 0.6) is 0 Å². The van der Waals surface area contributed by atoms with Crippen LogP contribution < -0.4 is 0 Å². The molecule has 0 aliphatic heterocycles. The Morgan fingerprint density at radius 2 is 1.10 bits per heavy atom. The summed E-state index contributed by atoms with van der Waals surface area (Å²) in [5.74, 6) is 1.06. The van der Waals surface area contributed by atoms with Gasteiger partial charge in [-0.3, -0.25) is 5.41 Å². The molecule has 3 heterocycles. The lowest BCUT2D eigenvalue weighted by molar-refractivity contribution is 0.625. The number of aryl methyl sites for hydroxylation is 1. The number of amidine groups is 2. The van der Waals surface area contributed by atoms with Gasteiger partial charge in [-0.1, -0.05) is 164 Å². The third kappa shape index (κ3) is 7.65. The maximum atomic E-state index is 8.09. The van der Waals surface area contributed by atoms with E-state index in [2.05, 4.69) is 179 Å². The smallest absolute Gasteiger partial charge is 0.154 e. The second-order valence-electron chi connectivity index (χ2n) is 16.9. The van der Waals surface area contributed by atoms with E-state index < -0.39 is 0 Å². The molecule has 0 aliphatic carbocycles. The molecule has 12 rings (SSSR count). The summed E-state index contributed by atoms with van der Waals surface area (Å²) in [6.07, 6.45) is 0. The molecule has 0 aliphatic rings. The number of benzene rings is 9. The van der Waals surface area contributed by atoms with Gasteiger partial charge < -0.3 is 14.0 Å². The number of aromatic nitrogens is 3. The fraction of sp³-hybridized carbons (Fsp3) is 0.0500. The van der Waals surface area contributed by atoms with E-state index in [1.54, 1.807) is 11.3 Å². The van der Waals surface area contributed by atoms with Gasteiger partial charge >= 0.3 is 0 Å². The van der Waals surface area contributed by atoms with E-state index >= 15 is 0 Å². The van der Waals surface area contributed by atoms with Gasteiger partial charge in [0.25, 0.3) is 0 Å². The lowest BCUT2D eigenvalue weighted by atomic mass is 9.99. The van der Waals surface area contributed by atoms with Crippen LogP contribution in [-0.2, 0) is 0 Å². The number of rotatable bonds is 6. The van der Waals surface area contributed by atoms with Gasteiger partial charge in [-0.15, -0.1) is 11.3 Å². The molecule has 0 unspecified atom stereocenters. The number of aliphatic imine (C=N–C) groups is 1. The Labute approximate surface area is 393 Å². The highest BCUT2D eigenvalue weighted by Crippen LogP contribution is 2.44. The number of nitrogens with zero attached hydrogens (tertiary/aromatic N) is 5. The van der Waals surface area contributed by atoms with Gasteiger partial charge in [0.2, 0.25) is 0 Å². The van der Waals surface area contributed by atoms with E-state index in [0.717, 1.165) is 38.7 Å². The first-order chi connectivity index (χ1) is 32.9. The Kier molecular flexibility index (Phi) is 10.8. The predicted octanol–water partition coefficient (Wildman–Crippen LogP) is 15.2. The normalized spacial score (nSPS) is 11.7. The molecule has 12 aromatic rings. The summed E-state index contributed by atoms with van der Waals surface area (Å²) in [6.45, 7) is 2.16. The van der Waals surface area contributed by atoms with Crippen LogP contribution in [0.15, 0.2) is 223 Å². The van der Waals surface area contributed by atoms with Crippen molar-refractivity contribution in [1.82, 2.24) is 19.0 Å². The van der Waals surface area contributed by atoms with Crippen molar-refractivity contribution in [1.29, 1.82) is 5.41 Å². The highest BCUT2D eigenvalue weighted by molar-refractivity contribution is 7.22. The zero-order valence-electron chi connectivity index (χ0n) is 37.4. The molecule has 0 bridgehead atoms. The van der Waals surface area contributed by atoms with Crippen LogP contribution in [0.1, 0.15) is 16.7 Å². The lowest BCUT2D eigenvalue weighted by Crippen LogP contribution is -2.24. The average molecular weight is 883 g/mol. The first-order valence-electron chi connectivity index (χ1n) is 22.4. The Balaban J connectivity index is 0.000000219. The summed E-state index contributed by atoms with van der Waals surface area (Å²) in [6, 6.07) is 76.5. The summed E-state index contributed by atoms with van der Waals surface area (Å²) in [5.41, 5.74) is 14.8. The molecular weight excluding hydrogens is 837 g/mol. The third-order valence-electron chi connectivity index (χ3n) is 12.3. The molecular formula is C60H46N6S. The van der Waals surface area contributed by atoms with Gasteiger partial charge in [0.15, 0.2) is 5.84 Å². The van der Waals surface area contributed by atoms with Crippen molar-refractivity contribution in [2.45, 2.75) is 6.92 Å². The van der Waals surface area contributed by atoms with Crippen LogP contribution in [0.25, 0.3) is 86.9 Å². The second kappa shape index (κ2) is 17.5. The third-order valence-corrected chi connectivity index (χ3v) is 13.4. The first-order valence-corrected chi connectivity index (χ1v) is 23.3. The van der Waals surface area contributed by atoms with E-state index in [9.17, 15) is 0 Å². The Morgan fingerprint density at radius 1 is 0.507 bits per heavy atom. The maximum Gasteiger partial charge on any atom is 0.154 e. The van der Waals surface area contributed by atoms with E-state index in [1.807, 2.05) is 79.7 Å². The summed E-state index contributed by atoms with van der Waals surface area (Å²) < 4.78 is 6.07. The minimum Gasteiger partial charge on any atom is -0.362 e. The van der Waals surface area contributed by atoms with E-state index in [1.165, 1.54) is 70.7 Å². The summed E-state index contributed by atoms with van der Waals surface area (Å²) in [4.78, 5) is 11.5. The fourth-order valence-electron chi connectivity index (χ4n) is 9.26. The standard InChI is InChI=1S/C44H29N3S.C16H17N3/c1-28-12-10-17-32(26-28)47-39-21-9-8-18-34(39)35-20-11-19-33(41(35)47)30-22-25-40-37(27-30)36-23-24-38-43(42(36)46(40)31-15-6-3-7-16-31)48-44(45-38)29-13-4-2-5-14-29;1-19(2)16(14-11-7-4-8-12-14)18-15(17)13-9-5-3-6-10-13/h2-27H,1H3;3-12,17H,1-2H3. The quantitative estimate of drug-likeness (QED) is 0.134. The van der Waals surface area contributed by atoms with E-state index in [0.29, 0.717) is 0 Å². The molecule has 3 aromatic heterocycles. The maximum absolute atomic E-state index is 8.09. The van der Waals surface area contributed by atoms with E-state index in [-0.39, 0.29) is 5.84 Å². The fourth-order valence-corrected chi connectivity index (χ4v) is 10.4. The zero-order valence-corrected chi connectivity index (χ0v) is 38.2. The van der Waals surface area contributed by atoms with Gasteiger partial charge in [0.1, 0.15) is 10.8 Å². The Bertz CT molecular complexity index is 3790. The number of fused-ring (bicyclic) bond motifs is 8. The van der Waals surface area contributed by atoms with Crippen molar-refractivity contribution in [2.75, 3.05) is 14.1 Å². The van der Waals surface area contributed by atoms with Gasteiger partial charge in [-0.25, -0.2) is 9.98 Å². The largest absolute Gasteiger partial charge is 0.362 e. The van der Waals surface area contributed by atoms with Gasteiger partial charge in [0, 0.05) is 69.3 Å². The van der Waals surface area contributed by atoms with Crippen molar-refractivity contribution in [3.8, 4) is 33.1 Å². The molecule has 322 valence electrons. The second-order valence-corrected chi connectivity index (χ2v) is 17.9. The molecule has 0 saturated carbocycles. The van der Waals surface area contributed by atoms with Crippen LogP contribution in [0.2, 0.25) is 0 Å². The number of hydrogen-bond acceptors (Lipinski definition) is 3. The van der Waals surface area contributed by atoms with Crippen LogP contribution in [0.4, 0.5) is 0 Å². The number of nitrogens with one attached hydrogen (secondary N) is 1. The number of para-hydroxylation sites is 3. The molecule has 0 fully saturated rings. The minimum absolute atomic E-state index is 0.271. The molecule has 7 heteroatoms. The summed E-state index contributed by atoms with van der Waals surface area (Å²) >= 11 is 1.77. The highest BCUT2D eigenvalue weighted by atomic mass is 32.1. The average Bonchev–Trinajstić information content (AvgIpc) is 4.07. The number of thiazole rings is 1. The SMILES string of the molecule is CN(C)C(=NC(=N)c1ccccc1)c1ccccc1.Cc1cccc(-n2c3ccccc3c3cccc(-c4ccc5c(c4)c4ccc6nc(-c7ccccc7)sc6c4n5-c4ccccc4)c32)c1. The molecule has 0 spiro atoms. The van der Waals surface area contributed by atoms with Crippen LogP contribution >= 0.6 is 11.3 Å². The summed E-state index contributed by atoms with van der Waals surface area (Å²) in [7, 11) is 3.87. The molecule has 0 radical (unpaired) electrons. The van der Waals surface area contributed by atoms with Crippen LogP contribution in [-0.4, -0.2) is 44.8 Å². The van der Waals surface area contributed by atoms with Crippen molar-refractivity contribution >= 4 is 76.8 Å². The monoisotopic (exact) mass is 882 g/mol. The highest BCUT2D eigenvalue weighted by Gasteiger charge is 2.21. The number of hydrogen-bond donors (Lipinski definition) is 1. The Hall–Kier alpha value is -8.39. The molecule has 9 aromatic carbocycles. The zero-order chi connectivity index (χ0) is 45.4. The van der Waals surface area contributed by atoms with Crippen molar-refractivity contribution < 1.29 is 0 Å². The van der Waals surface area contributed by atoms with Crippen LogP contribution in [0.3, 0.4) is 0 Å². The predicted molar refractivity (Wildman–Crippen MR) is 284 cm³/mol.